The second-order valence-corrected chi connectivity index (χ2v) is 8.43. The minimum atomic E-state index is 0.236. The van der Waals surface area contributed by atoms with Crippen LogP contribution in [0.5, 0.6) is 0 Å². The lowest BCUT2D eigenvalue weighted by molar-refractivity contribution is 0.208. The molecule has 2 aromatic heterocycles. The fourth-order valence-electron chi connectivity index (χ4n) is 4.33. The third-order valence-electron chi connectivity index (χ3n) is 6.13. The lowest BCUT2D eigenvalue weighted by Gasteiger charge is -2.32. The van der Waals surface area contributed by atoms with Crippen LogP contribution in [0, 0.1) is 5.92 Å². The zero-order valence-corrected chi connectivity index (χ0v) is 18.1. The van der Waals surface area contributed by atoms with E-state index >= 15 is 0 Å². The number of aliphatic hydroxyl groups is 1. The Bertz CT molecular complexity index is 1170. The molecule has 2 aromatic carbocycles. The summed E-state index contributed by atoms with van der Waals surface area (Å²) in [5, 5.41) is 12.9. The molecule has 1 aliphatic heterocycles. The molecule has 5 rings (SSSR count). The first kappa shape index (κ1) is 20.5. The number of nitrogens with one attached hydrogen (secondary N) is 1. The molecule has 1 unspecified atom stereocenters. The highest BCUT2D eigenvalue weighted by atomic mass is 16.3. The normalized spacial score (nSPS) is 16.4. The summed E-state index contributed by atoms with van der Waals surface area (Å²) in [5.74, 6) is 2.06. The smallest absolute Gasteiger partial charge is 0.134 e. The number of anilines is 2. The SMILES string of the molecule is OCC1CCCN(c2cc(NCc3ccc(Cn4cnc5ccccc54)cc3)ncn2)C1. The number of nitrogens with zero attached hydrogens (tertiary/aromatic N) is 5. The van der Waals surface area contributed by atoms with Gasteiger partial charge in [-0.15, -0.1) is 0 Å². The van der Waals surface area contributed by atoms with E-state index in [1.54, 1.807) is 6.33 Å². The van der Waals surface area contributed by atoms with Crippen LogP contribution in [0.4, 0.5) is 11.6 Å². The maximum absolute atomic E-state index is 9.48. The molecular weight excluding hydrogens is 400 g/mol. The fourth-order valence-corrected chi connectivity index (χ4v) is 4.33. The van der Waals surface area contributed by atoms with E-state index in [1.807, 2.05) is 30.6 Å². The van der Waals surface area contributed by atoms with Gasteiger partial charge < -0.3 is 19.9 Å². The summed E-state index contributed by atoms with van der Waals surface area (Å²) in [6.45, 7) is 3.55. The van der Waals surface area contributed by atoms with Crippen molar-refractivity contribution in [1.29, 1.82) is 0 Å². The highest BCUT2D eigenvalue weighted by molar-refractivity contribution is 5.75. The zero-order valence-electron chi connectivity index (χ0n) is 18.1. The van der Waals surface area contributed by atoms with Crippen molar-refractivity contribution in [2.75, 3.05) is 29.9 Å². The van der Waals surface area contributed by atoms with E-state index in [2.05, 4.69) is 60.1 Å². The molecule has 7 nitrogen and oxygen atoms in total. The Kier molecular flexibility index (Phi) is 5.98. The van der Waals surface area contributed by atoms with Crippen LogP contribution >= 0.6 is 0 Å². The Balaban J connectivity index is 1.20. The monoisotopic (exact) mass is 428 g/mol. The highest BCUT2D eigenvalue weighted by Gasteiger charge is 2.20. The molecule has 1 aliphatic rings. The predicted molar refractivity (Wildman–Crippen MR) is 127 cm³/mol. The molecule has 0 saturated carbocycles. The Hall–Kier alpha value is -3.45. The van der Waals surface area contributed by atoms with Crippen LogP contribution in [0.3, 0.4) is 0 Å². The van der Waals surface area contributed by atoms with Gasteiger partial charge in [-0.2, -0.15) is 0 Å². The molecule has 0 bridgehead atoms. The van der Waals surface area contributed by atoms with Crippen LogP contribution in [-0.4, -0.2) is 44.3 Å². The number of imidazole rings is 1. The van der Waals surface area contributed by atoms with Crippen LogP contribution in [0.25, 0.3) is 11.0 Å². The number of para-hydroxylation sites is 2. The minimum Gasteiger partial charge on any atom is -0.396 e. The van der Waals surface area contributed by atoms with Crippen LogP contribution in [0.1, 0.15) is 24.0 Å². The number of rotatable bonds is 7. The van der Waals surface area contributed by atoms with Crippen molar-refractivity contribution >= 4 is 22.7 Å². The van der Waals surface area contributed by atoms with E-state index in [1.165, 1.54) is 11.1 Å². The van der Waals surface area contributed by atoms with Gasteiger partial charge in [0.2, 0.25) is 0 Å². The number of piperidine rings is 1. The first-order valence-corrected chi connectivity index (χ1v) is 11.2. The number of aliphatic hydroxyl groups excluding tert-OH is 1. The van der Waals surface area contributed by atoms with E-state index in [0.29, 0.717) is 12.5 Å². The topological polar surface area (TPSA) is 79.1 Å². The number of hydrogen-bond donors (Lipinski definition) is 2. The van der Waals surface area contributed by atoms with Crippen LogP contribution < -0.4 is 10.2 Å². The number of benzene rings is 2. The van der Waals surface area contributed by atoms with Gasteiger partial charge in [-0.25, -0.2) is 15.0 Å². The van der Waals surface area contributed by atoms with Gasteiger partial charge in [-0.05, 0) is 42.0 Å². The van der Waals surface area contributed by atoms with Gasteiger partial charge in [-0.3, -0.25) is 0 Å². The van der Waals surface area contributed by atoms with E-state index in [0.717, 1.165) is 55.1 Å². The summed E-state index contributed by atoms with van der Waals surface area (Å²) in [7, 11) is 0. The fraction of sp³-hybridized carbons (Fsp3) is 0.320. The summed E-state index contributed by atoms with van der Waals surface area (Å²) in [4.78, 5) is 15.5. The van der Waals surface area contributed by atoms with Gasteiger partial charge in [0, 0.05) is 38.9 Å². The van der Waals surface area contributed by atoms with Gasteiger partial charge >= 0.3 is 0 Å². The first-order valence-electron chi connectivity index (χ1n) is 11.2. The maximum atomic E-state index is 9.48. The van der Waals surface area contributed by atoms with Gasteiger partial charge in [0.05, 0.1) is 17.4 Å². The molecule has 0 radical (unpaired) electrons. The third-order valence-corrected chi connectivity index (χ3v) is 6.13. The average molecular weight is 429 g/mol. The zero-order chi connectivity index (χ0) is 21.8. The molecule has 4 aromatic rings. The molecule has 7 heteroatoms. The number of fused-ring (bicyclic) bond motifs is 1. The van der Waals surface area contributed by atoms with Crippen molar-refractivity contribution in [3.05, 3.63) is 78.4 Å². The lowest BCUT2D eigenvalue weighted by Crippen LogP contribution is -2.37. The summed E-state index contributed by atoms with van der Waals surface area (Å²) in [5.41, 5.74) is 4.61. The number of hydrogen-bond acceptors (Lipinski definition) is 6. The predicted octanol–water partition coefficient (Wildman–Crippen LogP) is 3.70. The highest BCUT2D eigenvalue weighted by Crippen LogP contribution is 2.23. The summed E-state index contributed by atoms with van der Waals surface area (Å²) in [6.07, 6.45) is 5.67. The molecule has 164 valence electrons. The molecule has 0 aliphatic carbocycles. The van der Waals surface area contributed by atoms with Gasteiger partial charge in [-0.1, -0.05) is 36.4 Å². The number of aromatic nitrogens is 4. The van der Waals surface area contributed by atoms with Crippen molar-refractivity contribution in [1.82, 2.24) is 19.5 Å². The van der Waals surface area contributed by atoms with Gasteiger partial charge in [0.25, 0.3) is 0 Å². The molecule has 2 N–H and O–H groups in total. The molecule has 0 amide bonds. The first-order chi connectivity index (χ1) is 15.8. The molecule has 1 atom stereocenters. The Labute approximate surface area is 187 Å². The Morgan fingerprint density at radius 3 is 2.72 bits per heavy atom. The Morgan fingerprint density at radius 1 is 1.00 bits per heavy atom. The third kappa shape index (κ3) is 4.57. The van der Waals surface area contributed by atoms with Gasteiger partial charge in [0.15, 0.2) is 0 Å². The van der Waals surface area contributed by atoms with Crippen LogP contribution in [0.2, 0.25) is 0 Å². The lowest BCUT2D eigenvalue weighted by atomic mass is 9.99. The standard InChI is InChI=1S/C25H28N6O/c32-16-21-4-3-11-30(15-21)25-12-24(27-17-28-25)26-13-19-7-9-20(10-8-19)14-31-18-29-22-5-1-2-6-23(22)31/h1-2,5-10,12,17-18,21,32H,3-4,11,13-16H2,(H,26,27,28). The van der Waals surface area contributed by atoms with Crippen molar-refractivity contribution in [2.45, 2.75) is 25.9 Å². The van der Waals surface area contributed by atoms with Crippen LogP contribution in [0.15, 0.2) is 67.3 Å². The Morgan fingerprint density at radius 2 is 1.84 bits per heavy atom. The average Bonchev–Trinajstić information content (AvgIpc) is 3.26. The van der Waals surface area contributed by atoms with Crippen molar-refractivity contribution in [2.24, 2.45) is 5.92 Å². The molecule has 32 heavy (non-hydrogen) atoms. The second kappa shape index (κ2) is 9.36. The van der Waals surface area contributed by atoms with E-state index in [9.17, 15) is 5.11 Å². The van der Waals surface area contributed by atoms with E-state index in [-0.39, 0.29) is 6.61 Å². The second-order valence-electron chi connectivity index (χ2n) is 8.43. The van der Waals surface area contributed by atoms with E-state index in [4.69, 9.17) is 0 Å². The molecule has 0 spiro atoms. The van der Waals surface area contributed by atoms with E-state index < -0.39 is 0 Å². The molecule has 3 heterocycles. The summed E-state index contributed by atoms with van der Waals surface area (Å²) in [6, 6.07) is 18.8. The van der Waals surface area contributed by atoms with Crippen molar-refractivity contribution < 1.29 is 5.11 Å². The quantitative estimate of drug-likeness (QED) is 0.467. The maximum Gasteiger partial charge on any atom is 0.134 e. The van der Waals surface area contributed by atoms with Crippen molar-refractivity contribution in [3.8, 4) is 0 Å². The summed E-state index contributed by atoms with van der Waals surface area (Å²) >= 11 is 0. The summed E-state index contributed by atoms with van der Waals surface area (Å²) < 4.78 is 2.17. The van der Waals surface area contributed by atoms with Gasteiger partial charge in [0.1, 0.15) is 18.0 Å². The van der Waals surface area contributed by atoms with Crippen molar-refractivity contribution in [3.63, 3.8) is 0 Å². The largest absolute Gasteiger partial charge is 0.396 e. The molecule has 1 saturated heterocycles. The molecular formula is C25H28N6O. The van der Waals surface area contributed by atoms with Crippen LogP contribution in [-0.2, 0) is 13.1 Å². The minimum absolute atomic E-state index is 0.236. The molecule has 1 fully saturated rings.